The Morgan fingerprint density at radius 3 is 2.68 bits per heavy atom. The maximum Gasteiger partial charge on any atom is 0.255 e. The summed E-state index contributed by atoms with van der Waals surface area (Å²) in [6.07, 6.45) is 1.83. The van der Waals surface area contributed by atoms with Crippen molar-refractivity contribution in [2.24, 2.45) is 0 Å². The van der Waals surface area contributed by atoms with Crippen LogP contribution in [0.25, 0.3) is 10.6 Å². The Balaban J connectivity index is 0.00000280. The average molecular weight is 421 g/mol. The number of hydrogen-bond donors (Lipinski definition) is 2. The van der Waals surface area contributed by atoms with Gasteiger partial charge in [-0.1, -0.05) is 36.4 Å². The highest BCUT2D eigenvalue weighted by Gasteiger charge is 2.18. The molecule has 0 aliphatic rings. The van der Waals surface area contributed by atoms with Crippen LogP contribution >= 0.6 is 23.7 Å². The van der Waals surface area contributed by atoms with Gasteiger partial charge in [0, 0.05) is 32.9 Å². The molecule has 0 saturated heterocycles. The Hall–Kier alpha value is -2.19. The number of thiophene rings is 1. The van der Waals surface area contributed by atoms with Crippen LogP contribution in [0.1, 0.15) is 15.9 Å². The number of aromatic nitrogens is 2. The van der Waals surface area contributed by atoms with Crippen LogP contribution in [0.5, 0.6) is 0 Å². The summed E-state index contributed by atoms with van der Waals surface area (Å²) in [4.78, 5) is 13.7. The Bertz CT molecular complexity index is 837. The van der Waals surface area contributed by atoms with E-state index in [4.69, 9.17) is 4.74 Å². The van der Waals surface area contributed by atoms with E-state index in [0.717, 1.165) is 22.7 Å². The van der Waals surface area contributed by atoms with Crippen LogP contribution in [0.3, 0.4) is 0 Å². The molecule has 0 spiro atoms. The van der Waals surface area contributed by atoms with Gasteiger partial charge in [0.1, 0.15) is 5.69 Å². The third-order valence-corrected chi connectivity index (χ3v) is 4.90. The average Bonchev–Trinajstić information content (AvgIpc) is 3.35. The minimum atomic E-state index is -0.105. The van der Waals surface area contributed by atoms with E-state index in [1.54, 1.807) is 18.4 Å². The van der Waals surface area contributed by atoms with Crippen molar-refractivity contribution in [3.63, 3.8) is 0 Å². The lowest BCUT2D eigenvalue weighted by Crippen LogP contribution is -2.33. The van der Waals surface area contributed by atoms with E-state index in [9.17, 15) is 4.79 Å². The van der Waals surface area contributed by atoms with Gasteiger partial charge in [-0.25, -0.2) is 0 Å². The highest BCUT2D eigenvalue weighted by molar-refractivity contribution is 7.13. The monoisotopic (exact) mass is 420 g/mol. The van der Waals surface area contributed by atoms with E-state index < -0.39 is 0 Å². The number of benzene rings is 1. The predicted molar refractivity (Wildman–Crippen MR) is 115 cm³/mol. The van der Waals surface area contributed by atoms with E-state index in [1.165, 1.54) is 0 Å². The molecule has 0 bridgehead atoms. The summed E-state index contributed by atoms with van der Waals surface area (Å²) in [7, 11) is 1.67. The molecule has 150 valence electrons. The van der Waals surface area contributed by atoms with Crippen LogP contribution < -0.4 is 10.6 Å². The van der Waals surface area contributed by atoms with E-state index in [1.807, 2.05) is 46.6 Å². The molecule has 2 heterocycles. The molecular weight excluding hydrogens is 396 g/mol. The van der Waals surface area contributed by atoms with Gasteiger partial charge < -0.3 is 15.4 Å². The topological polar surface area (TPSA) is 68.2 Å². The molecule has 1 aromatic carbocycles. The van der Waals surface area contributed by atoms with Crippen molar-refractivity contribution in [1.82, 2.24) is 20.4 Å². The molecule has 8 heteroatoms. The highest BCUT2D eigenvalue weighted by atomic mass is 35.5. The van der Waals surface area contributed by atoms with Crippen LogP contribution in [0.15, 0.2) is 54.0 Å². The smallest absolute Gasteiger partial charge is 0.255 e. The molecule has 0 fully saturated rings. The first-order chi connectivity index (χ1) is 13.3. The number of nitrogens with one attached hydrogen (secondary N) is 2. The van der Waals surface area contributed by atoms with Crippen molar-refractivity contribution in [3.05, 3.63) is 65.2 Å². The lowest BCUT2D eigenvalue weighted by molar-refractivity contribution is 0.0954. The lowest BCUT2D eigenvalue weighted by atomic mass is 10.2. The Kier molecular flexibility index (Phi) is 9.16. The van der Waals surface area contributed by atoms with Crippen molar-refractivity contribution in [2.45, 2.75) is 6.54 Å². The lowest BCUT2D eigenvalue weighted by Gasteiger charge is -2.06. The van der Waals surface area contributed by atoms with Crippen LogP contribution in [0.2, 0.25) is 0 Å². The fourth-order valence-corrected chi connectivity index (χ4v) is 3.42. The van der Waals surface area contributed by atoms with Gasteiger partial charge in [-0.3, -0.25) is 9.48 Å². The van der Waals surface area contributed by atoms with E-state index in [2.05, 4.69) is 27.9 Å². The molecule has 0 atom stereocenters. The van der Waals surface area contributed by atoms with Gasteiger partial charge in [-0.15, -0.1) is 23.7 Å². The zero-order valence-electron chi connectivity index (χ0n) is 15.8. The Morgan fingerprint density at radius 1 is 1.14 bits per heavy atom. The minimum Gasteiger partial charge on any atom is -0.383 e. The molecule has 0 saturated carbocycles. The zero-order chi connectivity index (χ0) is 18.9. The third-order valence-electron chi connectivity index (χ3n) is 4.02. The number of carbonyl (C=O) groups is 1. The molecule has 3 aromatic rings. The number of ether oxygens (including phenoxy) is 1. The zero-order valence-corrected chi connectivity index (χ0v) is 17.4. The molecule has 0 unspecified atom stereocenters. The molecule has 28 heavy (non-hydrogen) atoms. The van der Waals surface area contributed by atoms with E-state index in [0.29, 0.717) is 31.8 Å². The molecule has 0 aliphatic carbocycles. The molecule has 6 nitrogen and oxygen atoms in total. The van der Waals surface area contributed by atoms with Gasteiger partial charge in [0.2, 0.25) is 0 Å². The maximum absolute atomic E-state index is 12.7. The quantitative estimate of drug-likeness (QED) is 0.495. The molecular formula is C20H25ClN4O2S. The number of halogens is 1. The van der Waals surface area contributed by atoms with Gasteiger partial charge in [0.15, 0.2) is 0 Å². The molecule has 1 amide bonds. The highest BCUT2D eigenvalue weighted by Crippen LogP contribution is 2.27. The summed E-state index contributed by atoms with van der Waals surface area (Å²) >= 11 is 1.58. The summed E-state index contributed by atoms with van der Waals surface area (Å²) < 4.78 is 6.82. The molecule has 0 aliphatic heterocycles. The van der Waals surface area contributed by atoms with Gasteiger partial charge in [0.05, 0.1) is 23.6 Å². The number of nitrogens with zero attached hydrogens (tertiary/aromatic N) is 2. The van der Waals surface area contributed by atoms with Crippen molar-refractivity contribution >= 4 is 29.7 Å². The number of carbonyl (C=O) groups excluding carboxylic acids is 1. The standard InChI is InChI=1S/C20H24N4O2S.ClH/c1-26-12-11-21-9-10-22-20(25)17-15-24(14-16-6-3-2-4-7-16)23-19(17)18-8-5-13-27-18;/h2-8,13,15,21H,9-12,14H2,1H3,(H,22,25);1H. The van der Waals surface area contributed by atoms with Gasteiger partial charge in [-0.05, 0) is 17.0 Å². The van der Waals surface area contributed by atoms with Crippen LogP contribution in [0, 0.1) is 0 Å². The Morgan fingerprint density at radius 2 is 1.96 bits per heavy atom. The molecule has 2 N–H and O–H groups in total. The Labute approximate surface area is 175 Å². The summed E-state index contributed by atoms with van der Waals surface area (Å²) in [5, 5.41) is 12.8. The SMILES string of the molecule is COCCNCCNC(=O)c1cn(Cc2ccccc2)nc1-c1cccs1.Cl. The second kappa shape index (κ2) is 11.6. The summed E-state index contributed by atoms with van der Waals surface area (Å²) in [5.74, 6) is -0.105. The molecule has 2 aromatic heterocycles. The summed E-state index contributed by atoms with van der Waals surface area (Å²) in [6, 6.07) is 14.1. The van der Waals surface area contributed by atoms with Crippen molar-refractivity contribution in [1.29, 1.82) is 0 Å². The fraction of sp³-hybridized carbons (Fsp3) is 0.300. The first kappa shape index (κ1) is 22.1. The largest absolute Gasteiger partial charge is 0.383 e. The van der Waals surface area contributed by atoms with Crippen molar-refractivity contribution in [3.8, 4) is 10.6 Å². The third kappa shape index (κ3) is 6.17. The first-order valence-corrected chi connectivity index (χ1v) is 9.79. The maximum atomic E-state index is 12.7. The number of amides is 1. The second-order valence-electron chi connectivity index (χ2n) is 6.05. The molecule has 0 radical (unpaired) electrons. The summed E-state index contributed by atoms with van der Waals surface area (Å²) in [6.45, 7) is 3.30. The van der Waals surface area contributed by atoms with E-state index >= 15 is 0 Å². The molecule has 3 rings (SSSR count). The van der Waals surface area contributed by atoms with Crippen molar-refractivity contribution in [2.75, 3.05) is 33.4 Å². The van der Waals surface area contributed by atoms with Gasteiger partial charge in [-0.2, -0.15) is 5.10 Å². The minimum absolute atomic E-state index is 0. The predicted octanol–water partition coefficient (Wildman–Crippen LogP) is 3.05. The van der Waals surface area contributed by atoms with Crippen LogP contribution in [-0.4, -0.2) is 49.0 Å². The van der Waals surface area contributed by atoms with Crippen molar-refractivity contribution < 1.29 is 9.53 Å². The second-order valence-corrected chi connectivity index (χ2v) is 7.00. The van der Waals surface area contributed by atoms with Gasteiger partial charge >= 0.3 is 0 Å². The number of methoxy groups -OCH3 is 1. The van der Waals surface area contributed by atoms with E-state index in [-0.39, 0.29) is 18.3 Å². The fourth-order valence-electron chi connectivity index (χ4n) is 2.69. The van der Waals surface area contributed by atoms with Crippen LogP contribution in [-0.2, 0) is 11.3 Å². The van der Waals surface area contributed by atoms with Gasteiger partial charge in [0.25, 0.3) is 5.91 Å². The summed E-state index contributed by atoms with van der Waals surface area (Å²) in [5.41, 5.74) is 2.48. The number of hydrogen-bond acceptors (Lipinski definition) is 5. The normalized spacial score (nSPS) is 10.5. The first-order valence-electron chi connectivity index (χ1n) is 8.91. The number of rotatable bonds is 10. The van der Waals surface area contributed by atoms with Crippen LogP contribution in [0.4, 0.5) is 0 Å².